The number of nitrogens with one attached hydrogen (secondary N) is 2. The van der Waals surface area contributed by atoms with Crippen LogP contribution in [0.2, 0.25) is 0 Å². The van der Waals surface area contributed by atoms with Crippen LogP contribution >= 0.6 is 0 Å². The van der Waals surface area contributed by atoms with E-state index in [9.17, 15) is 4.79 Å². The van der Waals surface area contributed by atoms with Crippen LogP contribution in [0.4, 0.5) is 5.69 Å². The first-order valence-electron chi connectivity index (χ1n) is 10.0. The second-order valence-corrected chi connectivity index (χ2v) is 7.78. The Labute approximate surface area is 168 Å². The molecule has 1 saturated heterocycles. The fourth-order valence-corrected chi connectivity index (χ4v) is 3.77. The number of amides is 1. The number of anilines is 1. The van der Waals surface area contributed by atoms with Gasteiger partial charge in [0, 0.05) is 25.3 Å². The van der Waals surface area contributed by atoms with Crippen LogP contribution in [-0.2, 0) is 16.0 Å². The third-order valence-corrected chi connectivity index (χ3v) is 5.39. The Morgan fingerprint density at radius 1 is 1.14 bits per heavy atom. The van der Waals surface area contributed by atoms with Gasteiger partial charge in [-0.25, -0.2) is 0 Å². The molecule has 150 valence electrons. The van der Waals surface area contributed by atoms with Crippen LogP contribution in [0.1, 0.15) is 22.7 Å². The van der Waals surface area contributed by atoms with Gasteiger partial charge in [0.1, 0.15) is 19.1 Å². The lowest BCUT2D eigenvalue weighted by atomic mass is 10.0. The molecule has 1 heterocycles. The zero-order valence-electron chi connectivity index (χ0n) is 17.2. The highest BCUT2D eigenvalue weighted by atomic mass is 16.5. The van der Waals surface area contributed by atoms with Gasteiger partial charge in [-0.05, 0) is 24.6 Å². The highest BCUT2D eigenvalue weighted by Crippen LogP contribution is 2.16. The summed E-state index contributed by atoms with van der Waals surface area (Å²) in [5.74, 6) is 0.0770. The number of carbonyl (C=O) groups excluding carboxylic acids is 1. The molecule has 1 atom stereocenters. The molecule has 0 unspecified atom stereocenters. The maximum absolute atomic E-state index is 12.5. The summed E-state index contributed by atoms with van der Waals surface area (Å²) in [5.41, 5.74) is 4.69. The molecular formula is C23H32N3O2+. The van der Waals surface area contributed by atoms with Crippen molar-refractivity contribution in [3.8, 4) is 0 Å². The summed E-state index contributed by atoms with van der Waals surface area (Å²) in [6.07, 6.45) is 0.423. The normalized spacial score (nSPS) is 15.8. The highest BCUT2D eigenvalue weighted by Gasteiger charge is 2.27. The van der Waals surface area contributed by atoms with Crippen LogP contribution in [0.25, 0.3) is 0 Å². The van der Waals surface area contributed by atoms with Crippen LogP contribution in [0.5, 0.6) is 0 Å². The third kappa shape index (κ3) is 5.57. The molecule has 1 amide bonds. The molecule has 5 heteroatoms. The minimum absolute atomic E-state index is 0.0770. The van der Waals surface area contributed by atoms with Gasteiger partial charge in [-0.3, -0.25) is 4.79 Å². The van der Waals surface area contributed by atoms with Gasteiger partial charge in [-0.2, -0.15) is 0 Å². The van der Waals surface area contributed by atoms with Gasteiger partial charge in [0.15, 0.2) is 0 Å². The summed E-state index contributed by atoms with van der Waals surface area (Å²) >= 11 is 0. The van der Waals surface area contributed by atoms with Crippen molar-refractivity contribution < 1.29 is 14.4 Å². The van der Waals surface area contributed by atoms with E-state index in [1.165, 1.54) is 21.7 Å². The zero-order chi connectivity index (χ0) is 19.9. The number of quaternary nitrogens is 1. The van der Waals surface area contributed by atoms with Crippen molar-refractivity contribution in [1.82, 2.24) is 5.32 Å². The molecule has 1 aliphatic rings. The predicted molar refractivity (Wildman–Crippen MR) is 113 cm³/mol. The first-order valence-corrected chi connectivity index (χ1v) is 10.0. The first kappa shape index (κ1) is 20.4. The van der Waals surface area contributed by atoms with Crippen LogP contribution in [0.15, 0.2) is 48.5 Å². The van der Waals surface area contributed by atoms with Gasteiger partial charge in [-0.15, -0.1) is 0 Å². The number of hydrogen-bond acceptors (Lipinski definition) is 3. The third-order valence-electron chi connectivity index (χ3n) is 5.39. The summed E-state index contributed by atoms with van der Waals surface area (Å²) < 4.78 is 5.54. The Morgan fingerprint density at radius 3 is 2.50 bits per heavy atom. The van der Waals surface area contributed by atoms with Crippen molar-refractivity contribution in [2.24, 2.45) is 0 Å². The van der Waals surface area contributed by atoms with Gasteiger partial charge in [0.05, 0.1) is 26.2 Å². The minimum atomic E-state index is 0.0770. The van der Waals surface area contributed by atoms with Gasteiger partial charge < -0.3 is 19.9 Å². The molecule has 0 saturated carbocycles. The molecular weight excluding hydrogens is 350 g/mol. The molecule has 0 spiro atoms. The van der Waals surface area contributed by atoms with Crippen molar-refractivity contribution >= 4 is 11.6 Å². The molecule has 1 aliphatic heterocycles. The topological polar surface area (TPSA) is 46.0 Å². The van der Waals surface area contributed by atoms with E-state index in [2.05, 4.69) is 53.5 Å². The van der Waals surface area contributed by atoms with E-state index >= 15 is 0 Å². The Morgan fingerprint density at radius 2 is 1.86 bits per heavy atom. The molecule has 28 heavy (non-hydrogen) atoms. The molecule has 5 nitrogen and oxygen atoms in total. The number of carbonyl (C=O) groups is 1. The van der Waals surface area contributed by atoms with E-state index in [0.717, 1.165) is 31.9 Å². The lowest BCUT2D eigenvalue weighted by molar-refractivity contribution is -0.937. The van der Waals surface area contributed by atoms with Crippen molar-refractivity contribution in [2.75, 3.05) is 51.8 Å². The van der Waals surface area contributed by atoms with Gasteiger partial charge in [0.2, 0.25) is 5.91 Å². The molecule has 3 rings (SSSR count). The average Bonchev–Trinajstić information content (AvgIpc) is 2.69. The van der Waals surface area contributed by atoms with Crippen molar-refractivity contribution in [3.63, 3.8) is 0 Å². The maximum Gasteiger partial charge on any atom is 0.224 e. The van der Waals surface area contributed by atoms with E-state index in [0.29, 0.717) is 13.0 Å². The number of nitrogens with zero attached hydrogens (tertiary/aromatic N) is 1. The second-order valence-electron chi connectivity index (χ2n) is 7.78. The number of hydrogen-bond donors (Lipinski definition) is 2. The Hall–Kier alpha value is -2.37. The van der Waals surface area contributed by atoms with Gasteiger partial charge in [0.25, 0.3) is 0 Å². The second kappa shape index (κ2) is 9.71. The molecule has 0 bridgehead atoms. The van der Waals surface area contributed by atoms with Crippen LogP contribution < -0.4 is 15.1 Å². The van der Waals surface area contributed by atoms with E-state index in [1.54, 1.807) is 0 Å². The maximum atomic E-state index is 12.5. The SMILES string of the molecule is Cc1cccc(CC(=O)NC[C@@H](c2ccc(N(C)C)cc2)[NH+]2CCOCC2)c1. The van der Waals surface area contributed by atoms with Crippen molar-refractivity contribution in [1.29, 1.82) is 0 Å². The molecule has 0 aromatic heterocycles. The molecule has 1 fully saturated rings. The summed E-state index contributed by atoms with van der Waals surface area (Å²) in [7, 11) is 4.09. The molecule has 2 aromatic carbocycles. The largest absolute Gasteiger partial charge is 0.378 e. The smallest absolute Gasteiger partial charge is 0.224 e. The van der Waals surface area contributed by atoms with Gasteiger partial charge >= 0.3 is 0 Å². The van der Waals surface area contributed by atoms with Crippen molar-refractivity contribution in [2.45, 2.75) is 19.4 Å². The first-order chi connectivity index (χ1) is 13.5. The molecule has 2 N–H and O–H groups in total. The van der Waals surface area contributed by atoms with Crippen LogP contribution in [0.3, 0.4) is 0 Å². The summed E-state index contributed by atoms with van der Waals surface area (Å²) in [6.45, 7) is 6.18. The lowest BCUT2D eigenvalue weighted by Crippen LogP contribution is -3.15. The van der Waals surface area contributed by atoms with Crippen molar-refractivity contribution in [3.05, 3.63) is 65.2 Å². The summed E-state index contributed by atoms with van der Waals surface area (Å²) in [5, 5.41) is 3.17. The predicted octanol–water partition coefficient (Wildman–Crippen LogP) is 1.38. The summed E-state index contributed by atoms with van der Waals surface area (Å²) in [4.78, 5) is 16.1. The van der Waals surface area contributed by atoms with E-state index in [1.807, 2.05) is 26.2 Å². The number of benzene rings is 2. The quantitative estimate of drug-likeness (QED) is 0.761. The monoisotopic (exact) mass is 382 g/mol. The highest BCUT2D eigenvalue weighted by molar-refractivity contribution is 5.78. The van der Waals surface area contributed by atoms with E-state index in [-0.39, 0.29) is 11.9 Å². The fraction of sp³-hybridized carbons (Fsp3) is 0.435. The van der Waals surface area contributed by atoms with Gasteiger partial charge in [-0.1, -0.05) is 42.0 Å². The molecule has 0 aliphatic carbocycles. The van der Waals surface area contributed by atoms with E-state index < -0.39 is 0 Å². The number of morpholine rings is 1. The van der Waals surface area contributed by atoms with Crippen LogP contribution in [-0.4, -0.2) is 52.9 Å². The number of rotatable bonds is 7. The fourth-order valence-electron chi connectivity index (χ4n) is 3.77. The number of ether oxygens (including phenoxy) is 1. The summed E-state index contributed by atoms with van der Waals surface area (Å²) in [6, 6.07) is 17.1. The zero-order valence-corrected chi connectivity index (χ0v) is 17.2. The minimum Gasteiger partial charge on any atom is -0.378 e. The molecule has 2 aromatic rings. The Bertz CT molecular complexity index is 768. The number of aryl methyl sites for hydroxylation is 1. The standard InChI is InChI=1S/C23H31N3O2/c1-18-5-4-6-19(15-18)16-23(27)24-17-22(26-11-13-28-14-12-26)20-7-9-21(10-8-20)25(2)3/h4-10,15,22H,11-14,16-17H2,1-3H3,(H,24,27)/p+1/t22-/m0/s1. The Kier molecular flexibility index (Phi) is 7.06. The Balaban J connectivity index is 1.67. The molecule has 0 radical (unpaired) electrons. The lowest BCUT2D eigenvalue weighted by Gasteiger charge is -2.32. The van der Waals surface area contributed by atoms with E-state index in [4.69, 9.17) is 4.74 Å². The average molecular weight is 383 g/mol. The van der Waals surface area contributed by atoms with Crippen LogP contribution in [0, 0.1) is 6.92 Å².